The zero-order valence-electron chi connectivity index (χ0n) is 17.4. The fourth-order valence-electron chi connectivity index (χ4n) is 3.25. The predicted molar refractivity (Wildman–Crippen MR) is 113 cm³/mol. The highest BCUT2D eigenvalue weighted by molar-refractivity contribution is 6.47. The van der Waals surface area contributed by atoms with Gasteiger partial charge >= 0.3 is 0 Å². The molecule has 1 aliphatic heterocycles. The van der Waals surface area contributed by atoms with Crippen molar-refractivity contribution < 1.29 is 14.0 Å². The first-order valence-electron chi connectivity index (χ1n) is 9.55. The third-order valence-electron chi connectivity index (χ3n) is 4.93. The van der Waals surface area contributed by atoms with E-state index in [2.05, 4.69) is 31.1 Å². The standard InChI is InChI=1S/C23H26FN3O2/c1-22(2,3)16-11-9-15(10-12-16)20-21(29)27(23(4,5)26-20)14-19(28)25-18-8-6-7-17(24)13-18/h6-13H,14H2,1-5H3,(H,25,28). The van der Waals surface area contributed by atoms with Crippen LogP contribution in [0.2, 0.25) is 0 Å². The Hall–Kier alpha value is -3.02. The first-order valence-corrected chi connectivity index (χ1v) is 9.55. The molecular formula is C23H26FN3O2. The minimum atomic E-state index is -0.853. The Labute approximate surface area is 170 Å². The number of nitrogens with one attached hydrogen (secondary N) is 1. The van der Waals surface area contributed by atoms with Gasteiger partial charge in [0.1, 0.15) is 23.7 Å². The van der Waals surface area contributed by atoms with Gasteiger partial charge in [0, 0.05) is 11.3 Å². The summed E-state index contributed by atoms with van der Waals surface area (Å²) in [4.78, 5) is 31.4. The third kappa shape index (κ3) is 4.53. The van der Waals surface area contributed by atoms with E-state index >= 15 is 0 Å². The Kier molecular flexibility index (Phi) is 5.30. The molecule has 0 radical (unpaired) electrons. The molecule has 3 rings (SSSR count). The van der Waals surface area contributed by atoms with Crippen LogP contribution in [0.25, 0.3) is 0 Å². The number of halogens is 1. The lowest BCUT2D eigenvalue weighted by molar-refractivity contribution is -0.131. The first-order chi connectivity index (χ1) is 13.5. The number of carbonyl (C=O) groups is 2. The lowest BCUT2D eigenvalue weighted by Crippen LogP contribution is -2.46. The van der Waals surface area contributed by atoms with Gasteiger partial charge in [-0.25, -0.2) is 4.39 Å². The van der Waals surface area contributed by atoms with Crippen molar-refractivity contribution in [1.82, 2.24) is 4.90 Å². The fraction of sp³-hybridized carbons (Fsp3) is 0.348. The maximum Gasteiger partial charge on any atom is 0.275 e. The van der Waals surface area contributed by atoms with E-state index in [4.69, 9.17) is 0 Å². The summed E-state index contributed by atoms with van der Waals surface area (Å²) in [5.74, 6) is -1.14. The van der Waals surface area contributed by atoms with Gasteiger partial charge in [-0.15, -0.1) is 0 Å². The lowest BCUT2D eigenvalue weighted by Gasteiger charge is -2.28. The minimum absolute atomic E-state index is 0.0142. The van der Waals surface area contributed by atoms with Gasteiger partial charge in [-0.05, 0) is 43.0 Å². The first kappa shape index (κ1) is 20.7. The minimum Gasteiger partial charge on any atom is -0.324 e. The van der Waals surface area contributed by atoms with E-state index in [1.165, 1.54) is 23.1 Å². The van der Waals surface area contributed by atoms with Gasteiger partial charge in [0.15, 0.2) is 0 Å². The Morgan fingerprint density at radius 3 is 2.38 bits per heavy atom. The molecule has 0 bridgehead atoms. The summed E-state index contributed by atoms with van der Waals surface area (Å²) < 4.78 is 13.3. The van der Waals surface area contributed by atoms with Crippen LogP contribution in [0.5, 0.6) is 0 Å². The molecule has 152 valence electrons. The third-order valence-corrected chi connectivity index (χ3v) is 4.93. The highest BCUT2D eigenvalue weighted by atomic mass is 19.1. The fourth-order valence-corrected chi connectivity index (χ4v) is 3.25. The second-order valence-electron chi connectivity index (χ2n) is 8.73. The van der Waals surface area contributed by atoms with E-state index in [-0.39, 0.29) is 17.9 Å². The van der Waals surface area contributed by atoms with Crippen LogP contribution in [-0.2, 0) is 15.0 Å². The second-order valence-corrected chi connectivity index (χ2v) is 8.73. The van der Waals surface area contributed by atoms with Crippen LogP contribution in [0.3, 0.4) is 0 Å². The molecule has 2 aromatic rings. The SMILES string of the molecule is CC(C)(C)c1ccc(C2=NC(C)(C)N(CC(=O)Nc3cccc(F)c3)C2=O)cc1. The molecule has 1 N–H and O–H groups in total. The van der Waals surface area contributed by atoms with Crippen molar-refractivity contribution in [2.24, 2.45) is 4.99 Å². The van der Waals surface area contributed by atoms with Crippen LogP contribution in [0.1, 0.15) is 45.7 Å². The molecule has 0 aromatic heterocycles. The van der Waals surface area contributed by atoms with Crippen molar-refractivity contribution in [2.75, 3.05) is 11.9 Å². The number of carbonyl (C=O) groups excluding carboxylic acids is 2. The number of hydrogen-bond donors (Lipinski definition) is 1. The maximum absolute atomic E-state index is 13.3. The summed E-state index contributed by atoms with van der Waals surface area (Å²) >= 11 is 0. The Morgan fingerprint density at radius 1 is 1.14 bits per heavy atom. The van der Waals surface area contributed by atoms with Gasteiger partial charge in [0.05, 0.1) is 0 Å². The molecule has 2 aromatic carbocycles. The van der Waals surface area contributed by atoms with E-state index < -0.39 is 17.4 Å². The van der Waals surface area contributed by atoms with Crippen LogP contribution >= 0.6 is 0 Å². The molecule has 2 amide bonds. The topological polar surface area (TPSA) is 61.8 Å². The predicted octanol–water partition coefficient (Wildman–Crippen LogP) is 4.13. The van der Waals surface area contributed by atoms with E-state index in [0.29, 0.717) is 11.4 Å². The van der Waals surface area contributed by atoms with Crippen LogP contribution in [0.4, 0.5) is 10.1 Å². The number of amides is 2. The van der Waals surface area contributed by atoms with Crippen LogP contribution in [0, 0.1) is 5.82 Å². The monoisotopic (exact) mass is 395 g/mol. The lowest BCUT2D eigenvalue weighted by atomic mass is 9.86. The molecule has 0 saturated carbocycles. The average Bonchev–Trinajstić information content (AvgIpc) is 2.84. The van der Waals surface area contributed by atoms with Gasteiger partial charge in [0.25, 0.3) is 5.91 Å². The molecule has 0 saturated heterocycles. The molecule has 1 heterocycles. The number of nitrogens with zero attached hydrogens (tertiary/aromatic N) is 2. The number of rotatable bonds is 4. The maximum atomic E-state index is 13.3. The summed E-state index contributed by atoms with van der Waals surface area (Å²) in [6.45, 7) is 9.79. The smallest absolute Gasteiger partial charge is 0.275 e. The highest BCUT2D eigenvalue weighted by Gasteiger charge is 2.41. The molecule has 0 unspecified atom stereocenters. The molecule has 5 nitrogen and oxygen atoms in total. The normalized spacial score (nSPS) is 16.0. The highest BCUT2D eigenvalue weighted by Crippen LogP contribution is 2.28. The zero-order chi connectivity index (χ0) is 21.4. The van der Waals surface area contributed by atoms with Crippen molar-refractivity contribution in [3.63, 3.8) is 0 Å². The number of hydrogen-bond acceptors (Lipinski definition) is 3. The van der Waals surface area contributed by atoms with Crippen LogP contribution in [0.15, 0.2) is 53.5 Å². The van der Waals surface area contributed by atoms with E-state index in [0.717, 1.165) is 11.1 Å². The Bertz CT molecular complexity index is 972. The molecule has 1 aliphatic rings. The number of aliphatic imine (C=N–C) groups is 1. The molecule has 29 heavy (non-hydrogen) atoms. The van der Waals surface area contributed by atoms with Crippen LogP contribution < -0.4 is 5.32 Å². The molecule has 6 heteroatoms. The van der Waals surface area contributed by atoms with Gasteiger partial charge < -0.3 is 10.2 Å². The van der Waals surface area contributed by atoms with Crippen molar-refractivity contribution in [1.29, 1.82) is 0 Å². The molecule has 0 fully saturated rings. The summed E-state index contributed by atoms with van der Waals surface area (Å²) in [6, 6.07) is 13.4. The van der Waals surface area contributed by atoms with Crippen molar-refractivity contribution in [3.05, 3.63) is 65.5 Å². The largest absolute Gasteiger partial charge is 0.324 e. The molecule has 0 spiro atoms. The van der Waals surface area contributed by atoms with Crippen molar-refractivity contribution in [3.8, 4) is 0 Å². The molecular weight excluding hydrogens is 369 g/mol. The van der Waals surface area contributed by atoms with E-state index in [9.17, 15) is 14.0 Å². The second kappa shape index (κ2) is 7.43. The quantitative estimate of drug-likeness (QED) is 0.846. The number of anilines is 1. The van der Waals surface area contributed by atoms with E-state index in [1.54, 1.807) is 19.9 Å². The summed E-state index contributed by atoms with van der Waals surface area (Å²) in [5, 5.41) is 2.62. The van der Waals surface area contributed by atoms with Gasteiger partial charge in [-0.1, -0.05) is 51.1 Å². The van der Waals surface area contributed by atoms with Crippen LogP contribution in [-0.4, -0.2) is 34.6 Å². The summed E-state index contributed by atoms with van der Waals surface area (Å²) in [7, 11) is 0. The van der Waals surface area contributed by atoms with Gasteiger partial charge in [-0.2, -0.15) is 0 Å². The number of benzene rings is 2. The van der Waals surface area contributed by atoms with Crippen molar-refractivity contribution in [2.45, 2.75) is 45.7 Å². The Balaban J connectivity index is 1.76. The summed E-state index contributed by atoms with van der Waals surface area (Å²) in [6.07, 6.45) is 0. The Morgan fingerprint density at radius 2 is 1.79 bits per heavy atom. The zero-order valence-corrected chi connectivity index (χ0v) is 17.4. The van der Waals surface area contributed by atoms with Crippen molar-refractivity contribution >= 4 is 23.2 Å². The average molecular weight is 395 g/mol. The van der Waals surface area contributed by atoms with Gasteiger partial charge in [0.2, 0.25) is 5.91 Å². The molecule has 0 aliphatic carbocycles. The van der Waals surface area contributed by atoms with E-state index in [1.807, 2.05) is 24.3 Å². The van der Waals surface area contributed by atoms with Gasteiger partial charge in [-0.3, -0.25) is 14.6 Å². The molecule has 0 atom stereocenters. The summed E-state index contributed by atoms with van der Waals surface area (Å²) in [5.41, 5.74) is 1.74.